The second-order valence-corrected chi connectivity index (χ2v) is 18.6. The van der Waals surface area contributed by atoms with Crippen LogP contribution in [0, 0.1) is 0 Å². The molecule has 0 nitrogen and oxygen atoms in total. The molecule has 10 aromatic rings. The van der Waals surface area contributed by atoms with Crippen molar-refractivity contribution in [3.63, 3.8) is 0 Å². The maximum absolute atomic E-state index is 2.50. The zero-order valence-electron chi connectivity index (χ0n) is 30.7. The van der Waals surface area contributed by atoms with Gasteiger partial charge in [-0.15, -0.1) is 22.7 Å². The Balaban J connectivity index is 1.05. The summed E-state index contributed by atoms with van der Waals surface area (Å²) in [7, 11) is 0. The first-order chi connectivity index (χ1) is 26.3. The summed E-state index contributed by atoms with van der Waals surface area (Å²) in [4.78, 5) is 0. The summed E-state index contributed by atoms with van der Waals surface area (Å²) < 4.78 is 5.40. The lowest BCUT2D eigenvalue weighted by Gasteiger charge is -2.40. The highest BCUT2D eigenvalue weighted by Gasteiger charge is 2.40. The summed E-state index contributed by atoms with van der Waals surface area (Å²) >= 11 is 3.78. The molecule has 12 rings (SSSR count). The van der Waals surface area contributed by atoms with E-state index < -0.39 is 0 Å². The van der Waals surface area contributed by atoms with Crippen LogP contribution in [0.3, 0.4) is 0 Å². The number of fused-ring (bicyclic) bond motifs is 10. The quantitative estimate of drug-likeness (QED) is 0.167. The first kappa shape index (κ1) is 30.9. The SMILES string of the molecule is CC1(C)c2cc(-c3cccc4sc5ccccc5c34)ccc2-c2ccc3c4c(ccc1c24)C(C)(C)c1cc(-c2cccc4sc5ccccc5c24)ccc1-3. The summed E-state index contributed by atoms with van der Waals surface area (Å²) in [6.07, 6.45) is 0. The average molecular weight is 725 g/mol. The van der Waals surface area contributed by atoms with Gasteiger partial charge in [0.1, 0.15) is 0 Å². The first-order valence-corrected chi connectivity index (χ1v) is 20.6. The van der Waals surface area contributed by atoms with Crippen LogP contribution in [0.4, 0.5) is 0 Å². The van der Waals surface area contributed by atoms with Crippen LogP contribution in [0.15, 0.2) is 146 Å². The number of benzene rings is 8. The molecule has 2 aliphatic carbocycles. The summed E-state index contributed by atoms with van der Waals surface area (Å²) in [6, 6.07) is 55.6. The standard InChI is InChI=1S/C52H36S2/c1-51(2)39-25-26-40-50-36(34-22-20-30(28-42(34)52(40,3)4)32-14-10-18-46-48(32)38-12-6-8-16-44(38)54-46)24-23-35(49(39)50)33-21-19-29(27-41(33)51)31-13-9-17-45-47(31)37-11-5-7-15-43(37)53-45/h5-28H,1-4H3. The van der Waals surface area contributed by atoms with Gasteiger partial charge in [-0.1, -0.05) is 137 Å². The lowest BCUT2D eigenvalue weighted by atomic mass is 9.62. The maximum atomic E-state index is 2.50. The van der Waals surface area contributed by atoms with Gasteiger partial charge in [0, 0.05) is 51.2 Å². The van der Waals surface area contributed by atoms with Crippen LogP contribution in [-0.2, 0) is 10.8 Å². The Labute approximate surface area is 323 Å². The van der Waals surface area contributed by atoms with Crippen LogP contribution in [0.1, 0.15) is 49.9 Å². The van der Waals surface area contributed by atoms with Gasteiger partial charge in [0.05, 0.1) is 0 Å². The minimum absolute atomic E-state index is 0.170. The normalized spacial score (nSPS) is 15.0. The molecular formula is C52H36S2. The molecule has 2 heterocycles. The van der Waals surface area contributed by atoms with Crippen molar-refractivity contribution in [2.24, 2.45) is 0 Å². The molecule has 0 amide bonds. The van der Waals surface area contributed by atoms with E-state index in [1.165, 1.54) is 118 Å². The van der Waals surface area contributed by atoms with Crippen LogP contribution in [-0.4, -0.2) is 0 Å². The molecule has 0 unspecified atom stereocenters. The Morgan fingerprint density at radius 2 is 0.722 bits per heavy atom. The molecule has 0 N–H and O–H groups in total. The van der Waals surface area contributed by atoms with E-state index in [-0.39, 0.29) is 10.8 Å². The third-order valence-electron chi connectivity index (χ3n) is 12.9. The van der Waals surface area contributed by atoms with Gasteiger partial charge in [-0.3, -0.25) is 0 Å². The van der Waals surface area contributed by atoms with Crippen LogP contribution in [0.5, 0.6) is 0 Å². The zero-order valence-corrected chi connectivity index (χ0v) is 32.3. The second kappa shape index (κ2) is 10.6. The van der Waals surface area contributed by atoms with Crippen LogP contribution in [0.25, 0.3) is 95.6 Å². The molecule has 2 aliphatic rings. The van der Waals surface area contributed by atoms with Gasteiger partial charge in [0.2, 0.25) is 0 Å². The molecule has 0 fully saturated rings. The fourth-order valence-electron chi connectivity index (χ4n) is 10.2. The minimum Gasteiger partial charge on any atom is -0.135 e. The van der Waals surface area contributed by atoms with Crippen molar-refractivity contribution >= 4 is 73.8 Å². The van der Waals surface area contributed by atoms with Crippen molar-refractivity contribution < 1.29 is 0 Å². The summed E-state index contributed by atoms with van der Waals surface area (Å²) in [5, 5.41) is 8.30. The van der Waals surface area contributed by atoms with Crippen LogP contribution in [0.2, 0.25) is 0 Å². The topological polar surface area (TPSA) is 0 Å². The summed E-state index contributed by atoms with van der Waals surface area (Å²) in [5.74, 6) is 0. The van der Waals surface area contributed by atoms with E-state index in [0.717, 1.165) is 0 Å². The first-order valence-electron chi connectivity index (χ1n) is 19.0. The van der Waals surface area contributed by atoms with E-state index in [1.54, 1.807) is 0 Å². The zero-order chi connectivity index (χ0) is 36.1. The van der Waals surface area contributed by atoms with Gasteiger partial charge >= 0.3 is 0 Å². The van der Waals surface area contributed by atoms with Crippen molar-refractivity contribution in [2.45, 2.75) is 38.5 Å². The van der Waals surface area contributed by atoms with Crippen molar-refractivity contribution in [2.75, 3.05) is 0 Å². The fourth-order valence-corrected chi connectivity index (χ4v) is 12.5. The smallest absolute Gasteiger partial charge is 0.0361 e. The predicted molar refractivity (Wildman–Crippen MR) is 236 cm³/mol. The lowest BCUT2D eigenvalue weighted by Crippen LogP contribution is -2.28. The second-order valence-electron chi connectivity index (χ2n) is 16.4. The molecule has 0 spiro atoms. The molecule has 54 heavy (non-hydrogen) atoms. The molecule has 0 radical (unpaired) electrons. The fraction of sp³-hybridized carbons (Fsp3) is 0.115. The van der Waals surface area contributed by atoms with Gasteiger partial charge in [-0.25, -0.2) is 0 Å². The molecule has 0 bridgehead atoms. The Morgan fingerprint density at radius 1 is 0.315 bits per heavy atom. The van der Waals surface area contributed by atoms with Gasteiger partial charge in [-0.05, 0) is 114 Å². The molecular weight excluding hydrogens is 689 g/mol. The Bertz CT molecular complexity index is 3050. The molecule has 2 aromatic heterocycles. The Hall–Kier alpha value is -5.54. The van der Waals surface area contributed by atoms with Crippen LogP contribution < -0.4 is 0 Å². The Kier molecular flexibility index (Phi) is 6.04. The third kappa shape index (κ3) is 3.92. The Morgan fingerprint density at radius 3 is 1.19 bits per heavy atom. The lowest BCUT2D eigenvalue weighted by molar-refractivity contribution is 0.633. The molecule has 256 valence electrons. The van der Waals surface area contributed by atoms with Gasteiger partial charge in [-0.2, -0.15) is 0 Å². The number of rotatable bonds is 2. The maximum Gasteiger partial charge on any atom is 0.0361 e. The molecule has 0 aliphatic heterocycles. The van der Waals surface area contributed by atoms with Crippen molar-refractivity contribution in [1.29, 1.82) is 0 Å². The average Bonchev–Trinajstić information content (AvgIpc) is 3.78. The van der Waals surface area contributed by atoms with Gasteiger partial charge in [0.25, 0.3) is 0 Å². The van der Waals surface area contributed by atoms with E-state index >= 15 is 0 Å². The van der Waals surface area contributed by atoms with Crippen LogP contribution >= 0.6 is 22.7 Å². The number of hydrogen-bond acceptors (Lipinski definition) is 2. The number of thiophene rings is 2. The highest BCUT2D eigenvalue weighted by Crippen LogP contribution is 2.57. The van der Waals surface area contributed by atoms with E-state index in [0.29, 0.717) is 0 Å². The minimum atomic E-state index is -0.170. The molecule has 8 aromatic carbocycles. The molecule has 0 saturated carbocycles. The van der Waals surface area contributed by atoms with E-state index in [1.807, 2.05) is 22.7 Å². The molecule has 0 saturated heterocycles. The van der Waals surface area contributed by atoms with Gasteiger partial charge in [0.15, 0.2) is 0 Å². The van der Waals surface area contributed by atoms with Crippen molar-refractivity contribution in [3.8, 4) is 44.5 Å². The number of hydrogen-bond donors (Lipinski definition) is 0. The van der Waals surface area contributed by atoms with E-state index in [2.05, 4.69) is 173 Å². The highest BCUT2D eigenvalue weighted by molar-refractivity contribution is 7.26. The summed E-state index contributed by atoms with van der Waals surface area (Å²) in [6.45, 7) is 9.75. The van der Waals surface area contributed by atoms with Crippen molar-refractivity contribution in [3.05, 3.63) is 168 Å². The largest absolute Gasteiger partial charge is 0.135 e. The van der Waals surface area contributed by atoms with Crippen molar-refractivity contribution in [1.82, 2.24) is 0 Å². The molecule has 2 heteroatoms. The predicted octanol–water partition coefficient (Wildman–Crippen LogP) is 15.5. The van der Waals surface area contributed by atoms with Gasteiger partial charge < -0.3 is 0 Å². The van der Waals surface area contributed by atoms with E-state index in [9.17, 15) is 0 Å². The third-order valence-corrected chi connectivity index (χ3v) is 15.2. The summed E-state index contributed by atoms with van der Waals surface area (Å²) in [5.41, 5.74) is 16.0. The highest BCUT2D eigenvalue weighted by atomic mass is 32.1. The van der Waals surface area contributed by atoms with E-state index in [4.69, 9.17) is 0 Å². The monoisotopic (exact) mass is 724 g/mol. The molecule has 0 atom stereocenters.